The highest BCUT2D eigenvalue weighted by Crippen LogP contribution is 2.30. The molecule has 0 radical (unpaired) electrons. The van der Waals surface area contributed by atoms with Crippen molar-refractivity contribution in [2.45, 2.75) is 34.2 Å². The van der Waals surface area contributed by atoms with Gasteiger partial charge in [-0.2, -0.15) is 0 Å². The highest BCUT2D eigenvalue weighted by atomic mass is 32.1. The second-order valence-corrected chi connectivity index (χ2v) is 8.07. The number of aromatic nitrogens is 3. The van der Waals surface area contributed by atoms with Crippen LogP contribution in [0.3, 0.4) is 0 Å². The maximum Gasteiger partial charge on any atom is 0.258 e. The summed E-state index contributed by atoms with van der Waals surface area (Å²) < 4.78 is 7.83. The van der Waals surface area contributed by atoms with Crippen molar-refractivity contribution >= 4 is 22.9 Å². The first-order valence-electron chi connectivity index (χ1n) is 9.34. The molecule has 1 N–H and O–H groups in total. The van der Waals surface area contributed by atoms with Crippen LogP contribution in [-0.2, 0) is 11.3 Å². The molecule has 4 rings (SSSR count). The number of hydrogen-bond donors (Lipinski definition) is 1. The number of nitrogens with one attached hydrogen (secondary N) is 1. The van der Waals surface area contributed by atoms with Gasteiger partial charge in [-0.3, -0.25) is 4.79 Å². The number of nitrogens with zero attached hydrogens (tertiary/aromatic N) is 3. The standard InChI is InChI=1S/C22H22N4O2S/c1-13-7-8-14(2)18(10-13)23-20(27)12-26-15(3)11-17(16(26)4)21-24-25-22(28-21)19-6-5-9-29-19/h5-11H,12H2,1-4H3,(H,23,27). The van der Waals surface area contributed by atoms with Crippen LogP contribution in [0.25, 0.3) is 22.2 Å². The number of anilines is 1. The van der Waals surface area contributed by atoms with Gasteiger partial charge in [0.15, 0.2) is 0 Å². The molecule has 0 aliphatic carbocycles. The number of benzene rings is 1. The number of carbonyl (C=O) groups excluding carboxylic acids is 1. The van der Waals surface area contributed by atoms with Gasteiger partial charge in [0, 0.05) is 17.1 Å². The molecule has 0 aliphatic rings. The van der Waals surface area contributed by atoms with Crippen LogP contribution >= 0.6 is 11.3 Å². The summed E-state index contributed by atoms with van der Waals surface area (Å²) in [6, 6.07) is 11.9. The fourth-order valence-corrected chi connectivity index (χ4v) is 3.94. The van der Waals surface area contributed by atoms with Crippen LogP contribution in [0.5, 0.6) is 0 Å². The average Bonchev–Trinajstić information content (AvgIpc) is 3.41. The lowest BCUT2D eigenvalue weighted by molar-refractivity contribution is -0.116. The van der Waals surface area contributed by atoms with Crippen molar-refractivity contribution in [2.24, 2.45) is 0 Å². The predicted molar refractivity (Wildman–Crippen MR) is 115 cm³/mol. The van der Waals surface area contributed by atoms with E-state index in [1.165, 1.54) is 0 Å². The van der Waals surface area contributed by atoms with Crippen molar-refractivity contribution in [1.29, 1.82) is 0 Å². The van der Waals surface area contributed by atoms with Crippen LogP contribution in [0, 0.1) is 27.7 Å². The van der Waals surface area contributed by atoms with Gasteiger partial charge in [-0.1, -0.05) is 18.2 Å². The lowest BCUT2D eigenvalue weighted by atomic mass is 10.1. The topological polar surface area (TPSA) is 73.0 Å². The van der Waals surface area contributed by atoms with Crippen LogP contribution in [-0.4, -0.2) is 20.7 Å². The normalized spacial score (nSPS) is 11.0. The summed E-state index contributed by atoms with van der Waals surface area (Å²) in [5, 5.41) is 13.3. The molecule has 0 bridgehead atoms. The largest absolute Gasteiger partial charge is 0.415 e. The molecule has 148 valence electrons. The molecule has 1 aromatic carbocycles. The molecule has 0 atom stereocenters. The number of aryl methyl sites for hydroxylation is 3. The van der Waals surface area contributed by atoms with Gasteiger partial charge in [-0.05, 0) is 62.4 Å². The zero-order chi connectivity index (χ0) is 20.5. The first kappa shape index (κ1) is 19.1. The van der Waals surface area contributed by atoms with Crippen molar-refractivity contribution in [3.63, 3.8) is 0 Å². The van der Waals surface area contributed by atoms with Crippen molar-refractivity contribution < 1.29 is 9.21 Å². The third-order valence-corrected chi connectivity index (χ3v) is 5.79. The Kier molecular flexibility index (Phi) is 5.07. The summed E-state index contributed by atoms with van der Waals surface area (Å²) in [6.07, 6.45) is 0. The Bertz CT molecular complexity index is 1170. The van der Waals surface area contributed by atoms with E-state index in [2.05, 4.69) is 15.5 Å². The minimum Gasteiger partial charge on any atom is -0.415 e. The summed E-state index contributed by atoms with van der Waals surface area (Å²) in [7, 11) is 0. The number of amides is 1. The predicted octanol–water partition coefficient (Wildman–Crippen LogP) is 5.14. The van der Waals surface area contributed by atoms with E-state index in [1.54, 1.807) is 11.3 Å². The molecule has 3 heterocycles. The molecule has 3 aromatic heterocycles. The zero-order valence-corrected chi connectivity index (χ0v) is 17.6. The van der Waals surface area contributed by atoms with Crippen LogP contribution in [0.2, 0.25) is 0 Å². The van der Waals surface area contributed by atoms with Gasteiger partial charge in [0.25, 0.3) is 5.89 Å². The molecule has 0 saturated heterocycles. The monoisotopic (exact) mass is 406 g/mol. The Hall–Kier alpha value is -3.19. The Balaban J connectivity index is 1.56. The zero-order valence-electron chi connectivity index (χ0n) is 16.8. The second kappa shape index (κ2) is 7.67. The second-order valence-electron chi connectivity index (χ2n) is 7.13. The lowest BCUT2D eigenvalue weighted by Gasteiger charge is -2.12. The Morgan fingerprint density at radius 1 is 1.10 bits per heavy atom. The summed E-state index contributed by atoms with van der Waals surface area (Å²) in [5.74, 6) is 0.895. The maximum absolute atomic E-state index is 12.7. The molecule has 1 amide bonds. The summed E-state index contributed by atoms with van der Waals surface area (Å²) in [6.45, 7) is 8.15. The molecule has 0 fully saturated rings. The summed E-state index contributed by atoms with van der Waals surface area (Å²) >= 11 is 1.55. The van der Waals surface area contributed by atoms with Crippen LogP contribution in [0.15, 0.2) is 46.2 Å². The molecule has 0 saturated carbocycles. The summed E-state index contributed by atoms with van der Waals surface area (Å²) in [5.41, 5.74) is 5.72. The van der Waals surface area contributed by atoms with Gasteiger partial charge in [0.05, 0.1) is 10.4 Å². The quantitative estimate of drug-likeness (QED) is 0.498. The van der Waals surface area contributed by atoms with Crippen LogP contribution < -0.4 is 5.32 Å². The highest BCUT2D eigenvalue weighted by Gasteiger charge is 2.19. The minimum atomic E-state index is -0.0724. The van der Waals surface area contributed by atoms with Crippen LogP contribution in [0.4, 0.5) is 5.69 Å². The molecule has 7 heteroatoms. The van der Waals surface area contributed by atoms with E-state index in [-0.39, 0.29) is 12.5 Å². The van der Waals surface area contributed by atoms with Crippen molar-refractivity contribution in [2.75, 3.05) is 5.32 Å². The Morgan fingerprint density at radius 3 is 2.66 bits per heavy atom. The number of hydrogen-bond acceptors (Lipinski definition) is 5. The Morgan fingerprint density at radius 2 is 1.90 bits per heavy atom. The molecule has 0 aliphatic heterocycles. The minimum absolute atomic E-state index is 0.0724. The SMILES string of the molecule is Cc1ccc(C)c(NC(=O)Cn2c(C)cc(-c3nnc(-c4cccs4)o3)c2C)c1. The molecule has 6 nitrogen and oxygen atoms in total. The number of thiophene rings is 1. The molecule has 29 heavy (non-hydrogen) atoms. The van der Waals surface area contributed by atoms with E-state index in [0.29, 0.717) is 11.8 Å². The molecule has 4 aromatic rings. The third kappa shape index (κ3) is 3.86. The van der Waals surface area contributed by atoms with Gasteiger partial charge < -0.3 is 14.3 Å². The van der Waals surface area contributed by atoms with Crippen molar-refractivity contribution in [3.05, 3.63) is 64.3 Å². The van der Waals surface area contributed by atoms with E-state index in [0.717, 1.165) is 38.6 Å². The van der Waals surface area contributed by atoms with E-state index in [1.807, 2.05) is 74.0 Å². The molecule has 0 spiro atoms. The van der Waals surface area contributed by atoms with Gasteiger partial charge in [0.1, 0.15) is 6.54 Å². The van der Waals surface area contributed by atoms with E-state index < -0.39 is 0 Å². The average molecular weight is 407 g/mol. The number of carbonyl (C=O) groups is 1. The van der Waals surface area contributed by atoms with E-state index >= 15 is 0 Å². The highest BCUT2D eigenvalue weighted by molar-refractivity contribution is 7.13. The molecule has 0 unspecified atom stereocenters. The van der Waals surface area contributed by atoms with Crippen LogP contribution in [0.1, 0.15) is 22.5 Å². The third-order valence-electron chi connectivity index (χ3n) is 4.93. The first-order valence-corrected chi connectivity index (χ1v) is 10.2. The van der Waals surface area contributed by atoms with Crippen molar-refractivity contribution in [3.8, 4) is 22.2 Å². The van der Waals surface area contributed by atoms with Crippen molar-refractivity contribution in [1.82, 2.24) is 14.8 Å². The fourth-order valence-electron chi connectivity index (χ4n) is 3.30. The van der Waals surface area contributed by atoms with Gasteiger partial charge in [-0.25, -0.2) is 0 Å². The van der Waals surface area contributed by atoms with Gasteiger partial charge >= 0.3 is 0 Å². The maximum atomic E-state index is 12.7. The number of rotatable bonds is 5. The summed E-state index contributed by atoms with van der Waals surface area (Å²) in [4.78, 5) is 13.6. The molecular formula is C22H22N4O2S. The van der Waals surface area contributed by atoms with Gasteiger partial charge in [-0.15, -0.1) is 21.5 Å². The smallest absolute Gasteiger partial charge is 0.258 e. The van der Waals surface area contributed by atoms with E-state index in [4.69, 9.17) is 4.42 Å². The Labute approximate surface area is 173 Å². The first-order chi connectivity index (χ1) is 13.9. The van der Waals surface area contributed by atoms with E-state index in [9.17, 15) is 4.79 Å². The fraction of sp³-hybridized carbons (Fsp3) is 0.227. The van der Waals surface area contributed by atoms with Gasteiger partial charge in [0.2, 0.25) is 11.8 Å². The lowest BCUT2D eigenvalue weighted by Crippen LogP contribution is -2.20. The molecular weight excluding hydrogens is 384 g/mol.